The van der Waals surface area contributed by atoms with Crippen LogP contribution in [0.25, 0.3) is 5.57 Å². The van der Waals surface area contributed by atoms with Crippen molar-refractivity contribution >= 4 is 11.5 Å². The lowest BCUT2D eigenvalue weighted by molar-refractivity contribution is -0.116. The van der Waals surface area contributed by atoms with Crippen LogP contribution in [0.1, 0.15) is 23.7 Å². The number of aromatic nitrogens is 2. The predicted molar refractivity (Wildman–Crippen MR) is 81.8 cm³/mol. The van der Waals surface area contributed by atoms with Crippen molar-refractivity contribution < 1.29 is 9.53 Å². The topological polar surface area (TPSA) is 67.0 Å². The predicted octanol–water partition coefficient (Wildman–Crippen LogP) is 2.45. The quantitative estimate of drug-likeness (QED) is 0.829. The Labute approximate surface area is 124 Å². The van der Waals surface area contributed by atoms with Crippen molar-refractivity contribution in [2.24, 2.45) is 0 Å². The lowest BCUT2D eigenvalue weighted by Crippen LogP contribution is -2.20. The highest BCUT2D eigenvalue weighted by Crippen LogP contribution is 2.24. The number of rotatable bonds is 5. The van der Waals surface area contributed by atoms with Gasteiger partial charge in [0, 0.05) is 29.4 Å². The van der Waals surface area contributed by atoms with Gasteiger partial charge in [0.05, 0.1) is 13.3 Å². The minimum Gasteiger partial charge on any atom is -0.496 e. The number of aryl methyl sites for hydroxylation is 1. The minimum absolute atomic E-state index is 0.140. The van der Waals surface area contributed by atoms with Crippen LogP contribution < -0.4 is 10.1 Å². The van der Waals surface area contributed by atoms with Crippen LogP contribution in [-0.2, 0) is 11.3 Å². The molecular weight excluding hydrogens is 266 g/mol. The van der Waals surface area contributed by atoms with Gasteiger partial charge in [-0.1, -0.05) is 18.2 Å². The third-order valence-corrected chi connectivity index (χ3v) is 3.27. The average Bonchev–Trinajstić information content (AvgIpc) is 2.90. The molecule has 0 aliphatic carbocycles. The van der Waals surface area contributed by atoms with E-state index in [4.69, 9.17) is 4.74 Å². The molecule has 0 bridgehead atoms. The number of nitrogens with one attached hydrogen (secondary N) is 2. The summed E-state index contributed by atoms with van der Waals surface area (Å²) in [5.74, 6) is 0.615. The maximum Gasteiger partial charge on any atom is 0.244 e. The van der Waals surface area contributed by atoms with Crippen molar-refractivity contribution in [2.45, 2.75) is 20.4 Å². The molecule has 5 nitrogen and oxygen atoms in total. The molecule has 0 atom stereocenters. The van der Waals surface area contributed by atoms with Crippen LogP contribution in [0.4, 0.5) is 0 Å². The van der Waals surface area contributed by atoms with Crippen molar-refractivity contribution in [3.05, 3.63) is 53.4 Å². The normalized spacial score (nSPS) is 11.3. The number of hydrogen-bond acceptors (Lipinski definition) is 3. The van der Waals surface area contributed by atoms with Gasteiger partial charge in [0.15, 0.2) is 0 Å². The summed E-state index contributed by atoms with van der Waals surface area (Å²) < 4.78 is 5.30. The molecule has 2 N–H and O–H groups in total. The Morgan fingerprint density at radius 3 is 2.86 bits per heavy atom. The van der Waals surface area contributed by atoms with Gasteiger partial charge >= 0.3 is 0 Å². The number of nitrogens with zero attached hydrogens (tertiary/aromatic N) is 1. The first kappa shape index (κ1) is 14.8. The van der Waals surface area contributed by atoms with Crippen molar-refractivity contribution in [2.75, 3.05) is 7.11 Å². The van der Waals surface area contributed by atoms with Gasteiger partial charge in [-0.15, -0.1) is 0 Å². The molecule has 21 heavy (non-hydrogen) atoms. The van der Waals surface area contributed by atoms with Crippen LogP contribution in [-0.4, -0.2) is 23.2 Å². The first-order valence-electron chi connectivity index (χ1n) is 6.70. The largest absolute Gasteiger partial charge is 0.496 e. The van der Waals surface area contributed by atoms with E-state index in [1.807, 2.05) is 38.1 Å². The fourth-order valence-electron chi connectivity index (χ4n) is 2.03. The second-order valence-corrected chi connectivity index (χ2v) is 4.77. The van der Waals surface area contributed by atoms with Gasteiger partial charge < -0.3 is 10.1 Å². The number of carbonyl (C=O) groups excluding carboxylic acids is 1. The molecule has 0 aliphatic heterocycles. The van der Waals surface area contributed by atoms with E-state index < -0.39 is 0 Å². The molecule has 1 amide bonds. The van der Waals surface area contributed by atoms with Gasteiger partial charge in [0.2, 0.25) is 5.91 Å². The van der Waals surface area contributed by atoms with E-state index in [9.17, 15) is 4.79 Å². The fourth-order valence-corrected chi connectivity index (χ4v) is 2.03. The van der Waals surface area contributed by atoms with E-state index in [1.165, 1.54) is 0 Å². The second-order valence-electron chi connectivity index (χ2n) is 4.77. The summed E-state index contributed by atoms with van der Waals surface area (Å²) in [6.45, 7) is 4.27. The lowest BCUT2D eigenvalue weighted by Gasteiger charge is -2.08. The van der Waals surface area contributed by atoms with E-state index in [0.717, 1.165) is 28.1 Å². The van der Waals surface area contributed by atoms with Gasteiger partial charge in [0.25, 0.3) is 0 Å². The summed E-state index contributed by atoms with van der Waals surface area (Å²) in [5.41, 5.74) is 3.70. The Hall–Kier alpha value is -2.56. The Balaban J connectivity index is 2.04. The SMILES string of the molecule is COc1ccccc1C(C)=CC(=O)NCc1cn[nH]c1C. The van der Waals surface area contributed by atoms with Gasteiger partial charge in [-0.05, 0) is 25.5 Å². The van der Waals surface area contributed by atoms with Crippen LogP contribution in [0.5, 0.6) is 5.75 Å². The second kappa shape index (κ2) is 6.74. The summed E-state index contributed by atoms with van der Waals surface area (Å²) in [7, 11) is 1.62. The fraction of sp³-hybridized carbons (Fsp3) is 0.250. The first-order chi connectivity index (χ1) is 10.1. The Morgan fingerprint density at radius 2 is 2.19 bits per heavy atom. The van der Waals surface area contributed by atoms with Gasteiger partial charge in [-0.2, -0.15) is 5.10 Å². The Kier molecular flexibility index (Phi) is 4.77. The average molecular weight is 285 g/mol. The summed E-state index contributed by atoms with van der Waals surface area (Å²) in [6.07, 6.45) is 3.29. The van der Waals surface area contributed by atoms with E-state index in [2.05, 4.69) is 15.5 Å². The molecule has 0 saturated heterocycles. The van der Waals surface area contributed by atoms with Gasteiger partial charge in [-0.25, -0.2) is 0 Å². The lowest BCUT2D eigenvalue weighted by atomic mass is 10.1. The number of ether oxygens (including phenoxy) is 1. The van der Waals surface area contributed by atoms with E-state index in [0.29, 0.717) is 6.54 Å². The number of amides is 1. The van der Waals surface area contributed by atoms with Crippen LogP contribution in [0.15, 0.2) is 36.5 Å². The third-order valence-electron chi connectivity index (χ3n) is 3.27. The first-order valence-corrected chi connectivity index (χ1v) is 6.70. The number of carbonyl (C=O) groups is 1. The minimum atomic E-state index is -0.140. The highest BCUT2D eigenvalue weighted by molar-refractivity contribution is 5.95. The Bertz CT molecular complexity index is 659. The van der Waals surface area contributed by atoms with E-state index >= 15 is 0 Å². The number of allylic oxidation sites excluding steroid dienone is 1. The zero-order valence-electron chi connectivity index (χ0n) is 12.4. The molecule has 0 spiro atoms. The molecule has 5 heteroatoms. The van der Waals surface area contributed by atoms with Crippen LogP contribution in [0.3, 0.4) is 0 Å². The summed E-state index contributed by atoms with van der Waals surface area (Å²) in [5, 5.41) is 9.61. The standard InChI is InChI=1S/C16H19N3O2/c1-11(14-6-4-5-7-15(14)21-3)8-16(20)17-9-13-10-18-19-12(13)2/h4-8,10H,9H2,1-3H3,(H,17,20)(H,18,19). The monoisotopic (exact) mass is 285 g/mol. The van der Waals surface area contributed by atoms with Crippen molar-refractivity contribution in [1.29, 1.82) is 0 Å². The van der Waals surface area contributed by atoms with Crippen molar-refractivity contribution in [3.63, 3.8) is 0 Å². The highest BCUT2D eigenvalue weighted by atomic mass is 16.5. The molecular formula is C16H19N3O2. The summed E-state index contributed by atoms with van der Waals surface area (Å²) >= 11 is 0. The summed E-state index contributed by atoms with van der Waals surface area (Å²) in [4.78, 5) is 12.0. The Morgan fingerprint density at radius 1 is 1.43 bits per heavy atom. The third kappa shape index (κ3) is 3.72. The van der Waals surface area contributed by atoms with E-state index in [-0.39, 0.29) is 5.91 Å². The molecule has 0 radical (unpaired) electrons. The van der Waals surface area contributed by atoms with Crippen molar-refractivity contribution in [3.8, 4) is 5.75 Å². The van der Waals surface area contributed by atoms with Crippen LogP contribution in [0, 0.1) is 6.92 Å². The molecule has 2 aromatic rings. The molecule has 0 aliphatic rings. The number of H-pyrrole nitrogens is 1. The van der Waals surface area contributed by atoms with E-state index in [1.54, 1.807) is 19.4 Å². The number of methoxy groups -OCH3 is 1. The number of benzene rings is 1. The zero-order chi connectivity index (χ0) is 15.2. The molecule has 1 aromatic carbocycles. The number of hydrogen-bond donors (Lipinski definition) is 2. The summed E-state index contributed by atoms with van der Waals surface area (Å²) in [6, 6.07) is 7.62. The molecule has 0 unspecified atom stereocenters. The van der Waals surface area contributed by atoms with Gasteiger partial charge in [0.1, 0.15) is 5.75 Å². The highest BCUT2D eigenvalue weighted by Gasteiger charge is 2.06. The zero-order valence-corrected chi connectivity index (χ0v) is 12.4. The maximum atomic E-state index is 12.0. The smallest absolute Gasteiger partial charge is 0.244 e. The van der Waals surface area contributed by atoms with Crippen molar-refractivity contribution in [1.82, 2.24) is 15.5 Å². The van der Waals surface area contributed by atoms with Crippen LogP contribution >= 0.6 is 0 Å². The number of aromatic amines is 1. The molecule has 2 rings (SSSR count). The molecule has 0 fully saturated rings. The molecule has 110 valence electrons. The number of para-hydroxylation sites is 1. The molecule has 1 aromatic heterocycles. The molecule has 0 saturated carbocycles. The van der Waals surface area contributed by atoms with Gasteiger partial charge in [-0.3, -0.25) is 9.89 Å². The molecule has 1 heterocycles. The maximum absolute atomic E-state index is 12.0. The van der Waals surface area contributed by atoms with Crippen LogP contribution in [0.2, 0.25) is 0 Å².